The van der Waals surface area contributed by atoms with Crippen molar-refractivity contribution in [2.24, 2.45) is 0 Å². The molecule has 0 nitrogen and oxygen atoms in total. The molecule has 0 saturated carbocycles. The normalized spacial score (nSPS) is 8.62. The predicted molar refractivity (Wildman–Crippen MR) is 39.1 cm³/mol. The average molecular weight is 121 g/mol. The third-order valence-corrected chi connectivity index (χ3v) is 2.18. The molecule has 0 radical (unpaired) electrons. The summed E-state index contributed by atoms with van der Waals surface area (Å²) >= 11 is 0. The van der Waals surface area contributed by atoms with Crippen LogP contribution in [0.2, 0.25) is 6.55 Å². The molecule has 0 saturated heterocycles. The van der Waals surface area contributed by atoms with Crippen LogP contribution in [0.1, 0.15) is 0 Å². The Hall–Kier alpha value is -0.563. The molecule has 0 spiro atoms. The summed E-state index contributed by atoms with van der Waals surface area (Å²) in [7, 11) is 0.511. The summed E-state index contributed by atoms with van der Waals surface area (Å²) in [6, 6.07) is 10.6. The molecule has 1 rings (SSSR count). The first-order valence-electron chi connectivity index (χ1n) is 2.78. The zero-order valence-electron chi connectivity index (χ0n) is 4.96. The molecule has 0 aliphatic carbocycles. The van der Waals surface area contributed by atoms with Crippen molar-refractivity contribution < 1.29 is 0 Å². The first-order valence-corrected chi connectivity index (χ1v) is 4.51. The fourth-order valence-corrected chi connectivity index (χ4v) is 1.25. The monoisotopic (exact) mass is 121 g/mol. The van der Waals surface area contributed by atoms with Gasteiger partial charge in [0.05, 0.1) is 11.7 Å². The Bertz CT molecular complexity index is 146. The van der Waals surface area contributed by atoms with Crippen LogP contribution in [0.15, 0.2) is 30.3 Å². The van der Waals surface area contributed by atoms with Crippen molar-refractivity contribution in [1.82, 2.24) is 0 Å². The largest absolute Gasteiger partial charge is 0.333 e. The summed E-state index contributed by atoms with van der Waals surface area (Å²) in [6.07, 6.45) is 0. The molecule has 1 aromatic rings. The summed E-state index contributed by atoms with van der Waals surface area (Å²) in [6.45, 7) is 2.25. The Morgan fingerprint density at radius 1 is 1.12 bits per heavy atom. The number of rotatable bonds is 1. The zero-order chi connectivity index (χ0) is 5.82. The molecule has 0 unspecified atom stereocenters. The Kier molecular flexibility index (Phi) is 1.86. The van der Waals surface area contributed by atoms with Crippen LogP contribution in [0.25, 0.3) is 0 Å². The van der Waals surface area contributed by atoms with E-state index >= 15 is 0 Å². The lowest BCUT2D eigenvalue weighted by Gasteiger charge is -1.79. The molecule has 0 atom stereocenters. The van der Waals surface area contributed by atoms with Crippen molar-refractivity contribution in [2.75, 3.05) is 0 Å². The van der Waals surface area contributed by atoms with Crippen LogP contribution in [-0.4, -0.2) is 9.52 Å². The van der Waals surface area contributed by atoms with E-state index in [1.54, 1.807) is 0 Å². The van der Waals surface area contributed by atoms with Gasteiger partial charge in [0.1, 0.15) is 0 Å². The minimum Gasteiger partial charge on any atom is -0.0621 e. The molecule has 0 heterocycles. The summed E-state index contributed by atoms with van der Waals surface area (Å²) < 4.78 is 0. The zero-order valence-corrected chi connectivity index (χ0v) is 6.12. The van der Waals surface area contributed by atoms with E-state index in [1.807, 2.05) is 0 Å². The highest BCUT2D eigenvalue weighted by Gasteiger charge is 1.94. The Morgan fingerprint density at radius 3 is 2.12 bits per heavy atom. The van der Waals surface area contributed by atoms with Crippen LogP contribution < -0.4 is 5.19 Å². The highest BCUT2D eigenvalue weighted by Crippen LogP contribution is 1.79. The number of hydrogen-bond donors (Lipinski definition) is 0. The highest BCUT2D eigenvalue weighted by atomic mass is 28.2. The van der Waals surface area contributed by atoms with Gasteiger partial charge in [0.2, 0.25) is 0 Å². The van der Waals surface area contributed by atoms with Gasteiger partial charge in [0.25, 0.3) is 0 Å². The number of benzene rings is 1. The van der Waals surface area contributed by atoms with E-state index in [9.17, 15) is 0 Å². The maximum Gasteiger partial charge on any atom is 0.333 e. The predicted octanol–water partition coefficient (Wildman–Crippen LogP) is 0.796. The van der Waals surface area contributed by atoms with Gasteiger partial charge in [-0.1, -0.05) is 18.2 Å². The Balaban J connectivity index is 2.83. The number of hydrogen-bond acceptors (Lipinski definition) is 0. The third kappa shape index (κ3) is 1.20. The molecule has 0 aliphatic rings. The van der Waals surface area contributed by atoms with Gasteiger partial charge in [-0.05, 0) is 12.1 Å². The van der Waals surface area contributed by atoms with Crippen molar-refractivity contribution >= 4 is 14.7 Å². The van der Waals surface area contributed by atoms with E-state index in [0.29, 0.717) is 9.52 Å². The van der Waals surface area contributed by atoms with Crippen LogP contribution in [-0.2, 0) is 0 Å². The molecular weight excluding hydrogens is 112 g/mol. The molecule has 40 valence electrons. The van der Waals surface area contributed by atoms with E-state index in [1.165, 1.54) is 5.19 Å². The van der Waals surface area contributed by atoms with Crippen molar-refractivity contribution in [3.8, 4) is 0 Å². The average Bonchev–Trinajstić information content (AvgIpc) is 1.90. The van der Waals surface area contributed by atoms with Crippen LogP contribution in [0.4, 0.5) is 0 Å². The van der Waals surface area contributed by atoms with Gasteiger partial charge in [-0.25, -0.2) is 0 Å². The topological polar surface area (TPSA) is 0 Å². The second kappa shape index (κ2) is 2.67. The highest BCUT2D eigenvalue weighted by molar-refractivity contribution is 6.51. The summed E-state index contributed by atoms with van der Waals surface area (Å²) in [5.74, 6) is 0. The Labute approximate surface area is 52.4 Å². The van der Waals surface area contributed by atoms with Gasteiger partial charge in [0, 0.05) is 0 Å². The minimum atomic E-state index is 0.511. The van der Waals surface area contributed by atoms with Gasteiger partial charge < -0.3 is 0 Å². The van der Waals surface area contributed by atoms with E-state index in [2.05, 4.69) is 36.9 Å². The van der Waals surface area contributed by atoms with Gasteiger partial charge in [-0.2, -0.15) is 0 Å². The molecule has 0 bridgehead atoms. The van der Waals surface area contributed by atoms with Gasteiger partial charge >= 0.3 is 9.52 Å². The molecule has 0 aliphatic heterocycles. The van der Waals surface area contributed by atoms with E-state index in [-0.39, 0.29) is 0 Å². The second-order valence-electron chi connectivity index (χ2n) is 1.70. The van der Waals surface area contributed by atoms with E-state index in [4.69, 9.17) is 0 Å². The fourth-order valence-electron chi connectivity index (χ4n) is 0.645. The van der Waals surface area contributed by atoms with Crippen molar-refractivity contribution in [1.29, 1.82) is 0 Å². The minimum absolute atomic E-state index is 0.511. The summed E-state index contributed by atoms with van der Waals surface area (Å²) in [5, 5.41) is 1.49. The molecule has 0 fully saturated rings. The molecule has 8 heavy (non-hydrogen) atoms. The lowest BCUT2D eigenvalue weighted by atomic mass is 10.4. The summed E-state index contributed by atoms with van der Waals surface area (Å²) in [4.78, 5) is 0. The Morgan fingerprint density at radius 2 is 1.75 bits per heavy atom. The van der Waals surface area contributed by atoms with Gasteiger partial charge in [-0.15, -0.1) is 0 Å². The lowest BCUT2D eigenvalue weighted by Crippen LogP contribution is -2.07. The maximum absolute atomic E-state index is 2.25. The van der Waals surface area contributed by atoms with E-state index < -0.39 is 0 Å². The van der Waals surface area contributed by atoms with Crippen LogP contribution in [0, 0.1) is 0 Å². The van der Waals surface area contributed by atoms with Crippen molar-refractivity contribution in [2.45, 2.75) is 6.55 Å². The summed E-state index contributed by atoms with van der Waals surface area (Å²) in [5.41, 5.74) is 0. The quantitative estimate of drug-likeness (QED) is 0.482. The third-order valence-electron chi connectivity index (χ3n) is 1.13. The SMILES string of the molecule is C[SiH+]c1ccccc1. The molecule has 1 aromatic carbocycles. The first-order chi connectivity index (χ1) is 3.93. The van der Waals surface area contributed by atoms with Gasteiger partial charge in [0.15, 0.2) is 0 Å². The van der Waals surface area contributed by atoms with Gasteiger partial charge in [-0.3, -0.25) is 0 Å². The first kappa shape index (κ1) is 5.57. The molecular formula is C7H9Si+. The van der Waals surface area contributed by atoms with Crippen molar-refractivity contribution in [3.05, 3.63) is 30.3 Å². The smallest absolute Gasteiger partial charge is 0.0621 e. The molecule has 0 N–H and O–H groups in total. The van der Waals surface area contributed by atoms with Crippen LogP contribution >= 0.6 is 0 Å². The van der Waals surface area contributed by atoms with Crippen molar-refractivity contribution in [3.63, 3.8) is 0 Å². The maximum atomic E-state index is 2.25. The molecule has 0 aromatic heterocycles. The van der Waals surface area contributed by atoms with Crippen LogP contribution in [0.3, 0.4) is 0 Å². The fraction of sp³-hybridized carbons (Fsp3) is 0.143. The lowest BCUT2D eigenvalue weighted by molar-refractivity contribution is 1.77. The van der Waals surface area contributed by atoms with Crippen LogP contribution in [0.5, 0.6) is 0 Å². The van der Waals surface area contributed by atoms with E-state index in [0.717, 1.165) is 0 Å². The second-order valence-corrected chi connectivity index (χ2v) is 2.94. The standard InChI is InChI=1S/C7H9Si/c1-8-7-5-3-2-4-6-7/h2-6,8H,1H3/q+1. The molecule has 0 amide bonds. The molecule has 1 heteroatoms.